The van der Waals surface area contributed by atoms with Gasteiger partial charge in [-0.1, -0.05) is 22.9 Å². The maximum atomic E-state index is 13.0. The lowest BCUT2D eigenvalue weighted by Gasteiger charge is -2.22. The van der Waals surface area contributed by atoms with Gasteiger partial charge >= 0.3 is 11.9 Å². The highest BCUT2D eigenvalue weighted by Crippen LogP contribution is 2.23. The molecule has 0 aliphatic carbocycles. The number of esters is 2. The van der Waals surface area contributed by atoms with E-state index in [2.05, 4.69) is 4.99 Å². The van der Waals surface area contributed by atoms with Crippen molar-refractivity contribution in [2.45, 2.75) is 32.9 Å². The fourth-order valence-electron chi connectivity index (χ4n) is 2.91. The predicted octanol–water partition coefficient (Wildman–Crippen LogP) is 3.99. The number of aromatic nitrogens is 1. The van der Waals surface area contributed by atoms with E-state index in [0.29, 0.717) is 26.6 Å². The zero-order valence-corrected chi connectivity index (χ0v) is 20.2. The molecule has 3 aromatic rings. The number of thiazole rings is 1. The van der Waals surface area contributed by atoms with Gasteiger partial charge in [-0.15, -0.1) is 0 Å². The van der Waals surface area contributed by atoms with Crippen LogP contribution in [0.1, 0.15) is 31.1 Å². The van der Waals surface area contributed by atoms with Crippen molar-refractivity contribution >= 4 is 51.0 Å². The van der Waals surface area contributed by atoms with Gasteiger partial charge in [-0.2, -0.15) is 4.99 Å². The molecule has 0 atom stereocenters. The van der Waals surface area contributed by atoms with Crippen molar-refractivity contribution < 1.29 is 28.6 Å². The Morgan fingerprint density at radius 2 is 1.82 bits per heavy atom. The number of fused-ring (bicyclic) bond motifs is 1. The van der Waals surface area contributed by atoms with E-state index in [0.717, 1.165) is 0 Å². The quantitative estimate of drug-likeness (QED) is 0.464. The summed E-state index contributed by atoms with van der Waals surface area (Å²) >= 11 is 7.07. The van der Waals surface area contributed by atoms with E-state index < -0.39 is 23.4 Å². The normalized spacial score (nSPS) is 12.0. The van der Waals surface area contributed by atoms with Gasteiger partial charge in [0, 0.05) is 5.02 Å². The van der Waals surface area contributed by atoms with Crippen LogP contribution in [0.25, 0.3) is 10.2 Å². The van der Waals surface area contributed by atoms with Crippen LogP contribution in [0.4, 0.5) is 0 Å². The average Bonchev–Trinajstić information content (AvgIpc) is 3.11. The summed E-state index contributed by atoms with van der Waals surface area (Å²) in [4.78, 5) is 41.7. The molecule has 1 amide bonds. The van der Waals surface area contributed by atoms with Crippen LogP contribution in [0.2, 0.25) is 5.02 Å². The lowest BCUT2D eigenvalue weighted by molar-refractivity contribution is -0.141. The highest BCUT2D eigenvalue weighted by Gasteiger charge is 2.30. The smallest absolute Gasteiger partial charge is 0.338 e. The summed E-state index contributed by atoms with van der Waals surface area (Å²) < 4.78 is 17.9. The van der Waals surface area contributed by atoms with Crippen LogP contribution < -0.4 is 9.54 Å². The van der Waals surface area contributed by atoms with Crippen molar-refractivity contribution in [1.82, 2.24) is 4.57 Å². The molecule has 0 unspecified atom stereocenters. The van der Waals surface area contributed by atoms with Crippen LogP contribution in [-0.4, -0.2) is 41.7 Å². The standard InChI is InChI=1S/C23H23ClN2O6S/c1-5-31-20(28)14-6-11-17-18(12-14)33-22(26(17)13-19(27)30-4)25-21(29)23(2,3)32-16-9-7-15(24)8-10-16/h6-12H,5,13H2,1-4H3. The van der Waals surface area contributed by atoms with E-state index in [9.17, 15) is 14.4 Å². The summed E-state index contributed by atoms with van der Waals surface area (Å²) in [6.45, 7) is 5.03. The second-order valence-electron chi connectivity index (χ2n) is 7.43. The van der Waals surface area contributed by atoms with Gasteiger partial charge in [-0.05, 0) is 63.2 Å². The molecule has 0 saturated carbocycles. The first kappa shape index (κ1) is 24.5. The number of benzene rings is 2. The third-order valence-corrected chi connectivity index (χ3v) is 5.90. The summed E-state index contributed by atoms with van der Waals surface area (Å²) in [6.07, 6.45) is 0. The first-order valence-corrected chi connectivity index (χ1v) is 11.2. The molecule has 0 fully saturated rings. The topological polar surface area (TPSA) is 96.2 Å². The van der Waals surface area contributed by atoms with Crippen LogP contribution >= 0.6 is 22.9 Å². The Hall–Kier alpha value is -3.17. The molecule has 3 rings (SSSR count). The SMILES string of the molecule is CCOC(=O)c1ccc2c(c1)sc(=NC(=O)C(C)(C)Oc1ccc(Cl)cc1)n2CC(=O)OC. The van der Waals surface area contributed by atoms with Crippen molar-refractivity contribution in [1.29, 1.82) is 0 Å². The third kappa shape index (κ3) is 5.80. The molecule has 0 saturated heterocycles. The number of nitrogens with zero attached hydrogens (tertiary/aromatic N) is 2. The molecule has 0 N–H and O–H groups in total. The molecule has 0 spiro atoms. The molecule has 0 aliphatic rings. The highest BCUT2D eigenvalue weighted by atomic mass is 35.5. The molecule has 174 valence electrons. The molecule has 10 heteroatoms. The van der Waals surface area contributed by atoms with Gasteiger partial charge in [0.15, 0.2) is 10.4 Å². The highest BCUT2D eigenvalue weighted by molar-refractivity contribution is 7.16. The minimum absolute atomic E-state index is 0.153. The molecule has 1 aromatic heterocycles. The minimum atomic E-state index is -1.29. The molecular formula is C23H23ClN2O6S. The number of carbonyl (C=O) groups is 3. The molecule has 0 radical (unpaired) electrons. The van der Waals surface area contributed by atoms with Crippen LogP contribution in [0.3, 0.4) is 0 Å². The Balaban J connectivity index is 2.03. The van der Waals surface area contributed by atoms with E-state index in [1.807, 2.05) is 0 Å². The van der Waals surface area contributed by atoms with Gasteiger partial charge in [0.05, 0.1) is 29.5 Å². The number of carbonyl (C=O) groups excluding carboxylic acids is 3. The Morgan fingerprint density at radius 1 is 1.12 bits per heavy atom. The van der Waals surface area contributed by atoms with Crippen molar-refractivity contribution in [3.8, 4) is 5.75 Å². The number of ether oxygens (including phenoxy) is 3. The molecular weight excluding hydrogens is 468 g/mol. The number of rotatable bonds is 7. The second kappa shape index (κ2) is 10.2. The summed E-state index contributed by atoms with van der Waals surface area (Å²) in [5.74, 6) is -1.05. The van der Waals surface area contributed by atoms with Gasteiger partial charge in [0.25, 0.3) is 5.91 Å². The minimum Gasteiger partial charge on any atom is -0.478 e. The van der Waals surface area contributed by atoms with E-state index in [1.54, 1.807) is 67.8 Å². The van der Waals surface area contributed by atoms with E-state index in [1.165, 1.54) is 18.4 Å². The molecule has 8 nitrogen and oxygen atoms in total. The predicted molar refractivity (Wildman–Crippen MR) is 125 cm³/mol. The van der Waals surface area contributed by atoms with Gasteiger partial charge in [0.2, 0.25) is 0 Å². The van der Waals surface area contributed by atoms with Crippen molar-refractivity contribution in [3.05, 3.63) is 57.9 Å². The summed E-state index contributed by atoms with van der Waals surface area (Å²) in [7, 11) is 1.28. The lowest BCUT2D eigenvalue weighted by atomic mass is 10.1. The zero-order valence-electron chi connectivity index (χ0n) is 18.6. The molecule has 0 bridgehead atoms. The molecule has 33 heavy (non-hydrogen) atoms. The van der Waals surface area contributed by atoms with Crippen LogP contribution in [-0.2, 0) is 25.6 Å². The maximum Gasteiger partial charge on any atom is 0.338 e. The van der Waals surface area contributed by atoms with E-state index in [4.69, 9.17) is 25.8 Å². The summed E-state index contributed by atoms with van der Waals surface area (Å²) in [5, 5.41) is 0.549. The van der Waals surface area contributed by atoms with E-state index >= 15 is 0 Å². The van der Waals surface area contributed by atoms with Crippen molar-refractivity contribution in [2.75, 3.05) is 13.7 Å². The number of methoxy groups -OCH3 is 1. The van der Waals surface area contributed by atoms with Crippen LogP contribution in [0.5, 0.6) is 5.75 Å². The Morgan fingerprint density at radius 3 is 2.45 bits per heavy atom. The van der Waals surface area contributed by atoms with Crippen molar-refractivity contribution in [3.63, 3.8) is 0 Å². The zero-order chi connectivity index (χ0) is 24.2. The first-order chi connectivity index (χ1) is 15.6. The lowest BCUT2D eigenvalue weighted by Crippen LogP contribution is -2.38. The van der Waals surface area contributed by atoms with Crippen molar-refractivity contribution in [2.24, 2.45) is 4.99 Å². The van der Waals surface area contributed by atoms with Crippen LogP contribution in [0.15, 0.2) is 47.5 Å². The number of hydrogen-bond donors (Lipinski definition) is 0. The molecule has 2 aromatic carbocycles. The maximum absolute atomic E-state index is 13.0. The van der Waals surface area contributed by atoms with Gasteiger partial charge in [-0.3, -0.25) is 9.59 Å². The average molecular weight is 491 g/mol. The second-order valence-corrected chi connectivity index (χ2v) is 8.88. The van der Waals surface area contributed by atoms with E-state index in [-0.39, 0.29) is 18.0 Å². The summed E-state index contributed by atoms with van der Waals surface area (Å²) in [6, 6.07) is 11.6. The third-order valence-electron chi connectivity index (χ3n) is 4.61. The Bertz CT molecular complexity index is 1260. The van der Waals surface area contributed by atoms with Gasteiger partial charge in [-0.25, -0.2) is 4.79 Å². The molecule has 0 aliphatic heterocycles. The molecule has 1 heterocycles. The first-order valence-electron chi connectivity index (χ1n) is 10.1. The monoisotopic (exact) mass is 490 g/mol. The van der Waals surface area contributed by atoms with Gasteiger partial charge < -0.3 is 18.8 Å². The number of halogens is 1. The Kier molecular flexibility index (Phi) is 7.55. The number of amides is 1. The largest absolute Gasteiger partial charge is 0.478 e. The fraction of sp³-hybridized carbons (Fsp3) is 0.304. The van der Waals surface area contributed by atoms with Crippen LogP contribution in [0, 0.1) is 0 Å². The Labute approximate surface area is 199 Å². The number of hydrogen-bond acceptors (Lipinski definition) is 7. The fourth-order valence-corrected chi connectivity index (χ4v) is 4.10. The van der Waals surface area contributed by atoms with Gasteiger partial charge in [0.1, 0.15) is 12.3 Å². The summed E-state index contributed by atoms with van der Waals surface area (Å²) in [5.41, 5.74) is -0.301.